The van der Waals surface area contributed by atoms with Crippen LogP contribution in [0.5, 0.6) is 0 Å². The maximum absolute atomic E-state index is 13.7. The summed E-state index contributed by atoms with van der Waals surface area (Å²) in [5.41, 5.74) is 1.94. The zero-order valence-electron chi connectivity index (χ0n) is 29.4. The van der Waals surface area contributed by atoms with E-state index >= 15 is 0 Å². The van der Waals surface area contributed by atoms with Crippen molar-refractivity contribution in [2.45, 2.75) is 38.8 Å². The van der Waals surface area contributed by atoms with Gasteiger partial charge in [0.15, 0.2) is 0 Å². The number of hydrogen-bond acceptors (Lipinski definition) is 6. The quantitative estimate of drug-likeness (QED) is 0.175. The van der Waals surface area contributed by atoms with Crippen LogP contribution in [-0.2, 0) is 18.2 Å². The molecule has 0 aliphatic carbocycles. The Morgan fingerprint density at radius 1 is 0.750 bits per heavy atom. The third-order valence-corrected chi connectivity index (χ3v) is 13.2. The number of nitrogens with zero attached hydrogens (tertiary/aromatic N) is 4. The molecular weight excluding hydrogens is 645 g/mol. The molecule has 4 unspecified atom stereocenters. The Bertz CT molecular complexity index is 1250. The highest BCUT2D eigenvalue weighted by atomic mass is 35.5. The molecule has 0 bridgehead atoms. The summed E-state index contributed by atoms with van der Waals surface area (Å²) in [6.45, 7) is 0.680. The molecule has 44 heavy (non-hydrogen) atoms. The predicted molar refractivity (Wildman–Crippen MR) is 178 cm³/mol. The van der Waals surface area contributed by atoms with E-state index < -0.39 is 28.5 Å². The Morgan fingerprint density at radius 3 is 1.45 bits per heavy atom. The molecule has 0 amide bonds. The van der Waals surface area contributed by atoms with Crippen LogP contribution in [0, 0.1) is 0 Å². The average molecular weight is 698 g/mol. The molecule has 2 aliphatic rings. The molecule has 4 rings (SSSR count). The van der Waals surface area contributed by atoms with Crippen molar-refractivity contribution in [1.82, 2.24) is 18.7 Å². The van der Waals surface area contributed by atoms with E-state index in [0.29, 0.717) is 19.6 Å². The highest BCUT2D eigenvalue weighted by molar-refractivity contribution is 7.54. The Kier molecular flexibility index (Phi) is 13.8. The number of benzene rings is 2. The van der Waals surface area contributed by atoms with Gasteiger partial charge in [0.1, 0.15) is 0 Å². The number of halogens is 2. The fourth-order valence-corrected chi connectivity index (χ4v) is 10.7. The summed E-state index contributed by atoms with van der Waals surface area (Å²) in [5, 5.41) is 18.5. The van der Waals surface area contributed by atoms with Crippen molar-refractivity contribution >= 4 is 38.5 Å². The summed E-state index contributed by atoms with van der Waals surface area (Å²) in [6, 6.07) is 18.8. The maximum atomic E-state index is 13.7. The van der Waals surface area contributed by atoms with Gasteiger partial charge in [-0.25, -0.2) is 18.7 Å². The van der Waals surface area contributed by atoms with Crippen molar-refractivity contribution in [2.75, 3.05) is 77.4 Å². The molecule has 2 heterocycles. The van der Waals surface area contributed by atoms with Gasteiger partial charge in [-0.2, -0.15) is 0 Å². The van der Waals surface area contributed by atoms with Crippen molar-refractivity contribution in [3.05, 3.63) is 71.8 Å². The van der Waals surface area contributed by atoms with Gasteiger partial charge >= 0.3 is 15.3 Å². The molecule has 248 valence electrons. The van der Waals surface area contributed by atoms with Crippen molar-refractivity contribution < 1.29 is 33.9 Å². The van der Waals surface area contributed by atoms with Gasteiger partial charge in [-0.1, -0.05) is 60.7 Å². The second kappa shape index (κ2) is 19.1. The smallest absolute Gasteiger partial charge is 0.346 e. The molecule has 0 saturated carbocycles. The van der Waals surface area contributed by atoms with E-state index in [1.54, 1.807) is 14.0 Å². The van der Waals surface area contributed by atoms with Crippen LogP contribution in [0.4, 0.5) is 0 Å². The van der Waals surface area contributed by atoms with Crippen LogP contribution < -0.4 is 0 Å². The van der Waals surface area contributed by atoms with Gasteiger partial charge in [0.2, 0.25) is 0 Å². The second-order valence-electron chi connectivity index (χ2n) is 10.2. The van der Waals surface area contributed by atoms with E-state index in [0.717, 1.165) is 11.1 Å². The Hall–Kier alpha value is -0.840. The van der Waals surface area contributed by atoms with Crippen LogP contribution in [0.15, 0.2) is 60.7 Å². The monoisotopic (exact) mass is 696 g/mol. The van der Waals surface area contributed by atoms with Gasteiger partial charge < -0.3 is 19.3 Å². The first-order valence-corrected chi connectivity index (χ1v) is 18.9. The molecule has 2 aromatic carbocycles. The predicted octanol–water partition coefficient (Wildman–Crippen LogP) is 6.22. The minimum absolute atomic E-state index is 0.0337. The lowest BCUT2D eigenvalue weighted by Gasteiger charge is -2.43. The molecule has 2 N–H and O–H groups in total. The van der Waals surface area contributed by atoms with E-state index in [4.69, 9.17) is 37.7 Å². The lowest BCUT2D eigenvalue weighted by atomic mass is 10.1. The van der Waals surface area contributed by atoms with Crippen LogP contribution in [-0.4, -0.2) is 106 Å². The molecule has 2 aliphatic heterocycles. The summed E-state index contributed by atoms with van der Waals surface area (Å²) < 4.78 is 76.2. The zero-order valence-corrected chi connectivity index (χ0v) is 28.7. The summed E-state index contributed by atoms with van der Waals surface area (Å²) in [7, 11) is -7.33. The van der Waals surface area contributed by atoms with Crippen molar-refractivity contribution in [3.63, 3.8) is 0 Å². The van der Waals surface area contributed by atoms with E-state index in [9.17, 15) is 19.3 Å². The molecule has 0 spiro atoms. The van der Waals surface area contributed by atoms with Gasteiger partial charge in [0.05, 0.1) is 31.8 Å². The van der Waals surface area contributed by atoms with Crippen molar-refractivity contribution in [3.8, 4) is 0 Å². The molecular formula is C30H48Cl2N4O6P2. The highest BCUT2D eigenvalue weighted by Crippen LogP contribution is 2.60. The minimum Gasteiger partial charge on any atom is -0.395 e. The third kappa shape index (κ3) is 9.60. The molecule has 14 heteroatoms. The van der Waals surface area contributed by atoms with E-state index in [1.165, 1.54) is 4.67 Å². The summed E-state index contributed by atoms with van der Waals surface area (Å²) in [4.78, 5) is 0. The van der Waals surface area contributed by atoms with Crippen LogP contribution in [0.25, 0.3) is 0 Å². The number of aliphatic hydroxyl groups excluding tert-OH is 2. The number of aliphatic hydroxyl groups is 2. The van der Waals surface area contributed by atoms with Gasteiger partial charge in [-0.15, -0.1) is 23.2 Å². The maximum Gasteiger partial charge on any atom is 0.346 e. The van der Waals surface area contributed by atoms with Gasteiger partial charge in [-0.3, -0.25) is 9.13 Å². The van der Waals surface area contributed by atoms with E-state index in [1.807, 2.05) is 74.5 Å². The lowest BCUT2D eigenvalue weighted by molar-refractivity contribution is 0.126. The first-order chi connectivity index (χ1) is 22.7. The van der Waals surface area contributed by atoms with Gasteiger partial charge in [0, 0.05) is 63.1 Å². The Labute approximate surface area is 278 Å². The molecule has 0 radical (unpaired) electrons. The normalized spacial score (nSPS) is 28.2. The fraction of sp³-hybridized carbons (Fsp3) is 0.600. The van der Waals surface area contributed by atoms with Gasteiger partial charge in [-0.05, 0) is 37.8 Å². The fourth-order valence-electron chi connectivity index (χ4n) is 5.17. The average Bonchev–Trinajstić information content (AvgIpc) is 3.04. The molecule has 4 atom stereocenters. The van der Waals surface area contributed by atoms with Crippen LogP contribution in [0.2, 0.25) is 0 Å². The molecule has 10 nitrogen and oxygen atoms in total. The van der Waals surface area contributed by atoms with Crippen LogP contribution in [0.1, 0.15) is 55.4 Å². The highest BCUT2D eigenvalue weighted by Gasteiger charge is 2.44. The summed E-state index contributed by atoms with van der Waals surface area (Å²) in [5.74, 6) is 0.529. The largest absolute Gasteiger partial charge is 0.395 e. The number of alkyl halides is 2. The van der Waals surface area contributed by atoms with Crippen LogP contribution in [0.3, 0.4) is 0 Å². The van der Waals surface area contributed by atoms with E-state index in [-0.39, 0.29) is 69.5 Å². The van der Waals surface area contributed by atoms with Crippen molar-refractivity contribution in [1.29, 1.82) is 0 Å². The van der Waals surface area contributed by atoms with E-state index in [2.05, 4.69) is 0 Å². The first-order valence-electron chi connectivity index (χ1n) is 16.8. The van der Waals surface area contributed by atoms with Crippen LogP contribution >= 0.6 is 38.5 Å². The number of rotatable bonds is 14. The summed E-state index contributed by atoms with van der Waals surface area (Å²) >= 11 is 11.7. The minimum atomic E-state index is -3.74. The standard InChI is InChI=1S/C15H23Cl2N2O2P.C15H25N2O4P/c1-14(15-6-3-2-4-7-15)19-10-5-13-21-22(19,20)18(11-8-16)12-9-17;1-14(15-6-3-2-4-7-15)17-8-5-13-21-22(17,20)16(9-11-18)10-12-19/h2-4,6-7,14H,5,8-13H2,1H3;2-4,6-7,14,18-19H,5,8-13H2,1H3/i2*13D2. The first kappa shape index (κ1) is 31.7. The SMILES string of the molecule is [2H]C1([2H])CCN(C(C)c2ccccc2)P(=O)(N(CCCl)CCCl)O1.[2H]C1([2H])CCN(C(C)c2ccccc2)P(=O)(N(CCO)CCO)O1. The zero-order chi connectivity index (χ0) is 35.6. The molecule has 0 aromatic heterocycles. The second-order valence-corrected chi connectivity index (χ2v) is 15.4. The lowest BCUT2D eigenvalue weighted by Crippen LogP contribution is -2.40. The molecule has 2 saturated heterocycles. The Balaban J connectivity index is 0.000000260. The van der Waals surface area contributed by atoms with Gasteiger partial charge in [0.25, 0.3) is 0 Å². The molecule has 2 fully saturated rings. The molecule has 2 aromatic rings. The Morgan fingerprint density at radius 2 is 1.11 bits per heavy atom. The topological polar surface area (TPSA) is 106 Å². The third-order valence-electron chi connectivity index (χ3n) is 7.48. The number of hydrogen-bond donors (Lipinski definition) is 2. The van der Waals surface area contributed by atoms with Crippen molar-refractivity contribution in [2.24, 2.45) is 0 Å². The summed E-state index contributed by atoms with van der Waals surface area (Å²) in [6.07, 6.45) is 0.254.